The van der Waals surface area contributed by atoms with Crippen molar-refractivity contribution < 1.29 is 15.0 Å². The Kier molecular flexibility index (Phi) is 4.15. The van der Waals surface area contributed by atoms with Gasteiger partial charge in [-0.2, -0.15) is 0 Å². The largest absolute Gasteiger partial charge is 0.477 e. The van der Waals surface area contributed by atoms with Gasteiger partial charge in [-0.1, -0.05) is 6.42 Å². The summed E-state index contributed by atoms with van der Waals surface area (Å²) in [5.41, 5.74) is 0.864. The van der Waals surface area contributed by atoms with Crippen LogP contribution in [-0.4, -0.2) is 40.3 Å². The number of hydrogen-bond donors (Lipinski definition) is 2. The molecule has 0 aromatic carbocycles. The molecule has 0 bridgehead atoms. The quantitative estimate of drug-likeness (QED) is 0.861. The lowest BCUT2D eigenvalue weighted by Gasteiger charge is -2.34. The first kappa shape index (κ1) is 12.5. The van der Waals surface area contributed by atoms with E-state index < -0.39 is 5.97 Å². The van der Waals surface area contributed by atoms with Crippen molar-refractivity contribution in [2.45, 2.75) is 31.8 Å². The molecule has 94 valence electrons. The Bertz CT molecular complexity index is 391. The molecule has 1 atom stereocenters. The number of likely N-dealkylation sites (tertiary alicyclic amines) is 1. The second-order valence-corrected chi connectivity index (χ2v) is 5.30. The summed E-state index contributed by atoms with van der Waals surface area (Å²) >= 11 is 1.27. The number of carbonyl (C=O) groups is 1. The molecule has 5 heteroatoms. The lowest BCUT2D eigenvalue weighted by molar-refractivity contribution is 0.0691. The summed E-state index contributed by atoms with van der Waals surface area (Å²) in [5, 5.41) is 20.2. The van der Waals surface area contributed by atoms with Gasteiger partial charge in [-0.25, -0.2) is 4.79 Å². The standard InChI is InChI=1S/C12H17NO3S/c14-8-10-3-1-2-5-13(10)7-9-4-6-17-11(9)12(15)16/h4,6,10,14H,1-3,5,7-8H2,(H,15,16). The van der Waals surface area contributed by atoms with Gasteiger partial charge in [0.05, 0.1) is 6.61 Å². The van der Waals surface area contributed by atoms with Crippen molar-refractivity contribution >= 4 is 17.3 Å². The maximum Gasteiger partial charge on any atom is 0.346 e. The summed E-state index contributed by atoms with van der Waals surface area (Å²) in [5.74, 6) is -0.854. The summed E-state index contributed by atoms with van der Waals surface area (Å²) in [6.45, 7) is 1.74. The van der Waals surface area contributed by atoms with Crippen molar-refractivity contribution in [3.05, 3.63) is 21.9 Å². The van der Waals surface area contributed by atoms with Gasteiger partial charge >= 0.3 is 5.97 Å². The molecule has 17 heavy (non-hydrogen) atoms. The lowest BCUT2D eigenvalue weighted by Crippen LogP contribution is -2.41. The van der Waals surface area contributed by atoms with Gasteiger partial charge in [0.1, 0.15) is 4.88 Å². The van der Waals surface area contributed by atoms with Crippen molar-refractivity contribution in [1.29, 1.82) is 0 Å². The summed E-state index contributed by atoms with van der Waals surface area (Å²) in [6, 6.07) is 2.06. The zero-order valence-corrected chi connectivity index (χ0v) is 10.4. The Hall–Kier alpha value is -0.910. The molecule has 1 aliphatic heterocycles. The van der Waals surface area contributed by atoms with Crippen LogP contribution in [0.25, 0.3) is 0 Å². The fourth-order valence-electron chi connectivity index (χ4n) is 2.34. The van der Waals surface area contributed by atoms with Crippen LogP contribution < -0.4 is 0 Å². The van der Waals surface area contributed by atoms with Crippen molar-refractivity contribution in [3.63, 3.8) is 0 Å². The van der Waals surface area contributed by atoms with E-state index in [1.807, 2.05) is 11.4 Å². The van der Waals surface area contributed by atoms with Crippen molar-refractivity contribution in [1.82, 2.24) is 4.90 Å². The van der Waals surface area contributed by atoms with Crippen LogP contribution in [0.3, 0.4) is 0 Å². The Balaban J connectivity index is 2.08. The summed E-state index contributed by atoms with van der Waals surface area (Å²) in [6.07, 6.45) is 3.28. The van der Waals surface area contributed by atoms with Crippen LogP contribution in [0.2, 0.25) is 0 Å². The predicted molar refractivity (Wildman–Crippen MR) is 66.4 cm³/mol. The molecule has 1 aromatic heterocycles. The first-order valence-electron chi connectivity index (χ1n) is 5.87. The van der Waals surface area contributed by atoms with Gasteiger partial charge in [0, 0.05) is 12.6 Å². The van der Waals surface area contributed by atoms with E-state index in [1.165, 1.54) is 11.3 Å². The average Bonchev–Trinajstić information content (AvgIpc) is 2.78. The van der Waals surface area contributed by atoms with E-state index in [-0.39, 0.29) is 12.6 Å². The van der Waals surface area contributed by atoms with Gasteiger partial charge in [0.15, 0.2) is 0 Å². The second kappa shape index (κ2) is 5.62. The van der Waals surface area contributed by atoms with Crippen molar-refractivity contribution in [2.75, 3.05) is 13.2 Å². The van der Waals surface area contributed by atoms with Crippen LogP contribution in [-0.2, 0) is 6.54 Å². The average molecular weight is 255 g/mol. The maximum atomic E-state index is 11.0. The molecule has 4 nitrogen and oxygen atoms in total. The number of thiophene rings is 1. The van der Waals surface area contributed by atoms with E-state index in [0.717, 1.165) is 31.4 Å². The molecule has 0 radical (unpaired) electrons. The van der Waals surface area contributed by atoms with Gasteiger partial charge in [-0.15, -0.1) is 11.3 Å². The SMILES string of the molecule is O=C(O)c1sccc1CN1CCCCC1CO. The molecule has 0 aliphatic carbocycles. The van der Waals surface area contributed by atoms with Crippen LogP contribution in [0.1, 0.15) is 34.5 Å². The molecule has 1 unspecified atom stereocenters. The third kappa shape index (κ3) is 2.86. The normalized spacial score (nSPS) is 21.6. The molecular formula is C12H17NO3S. The molecule has 1 fully saturated rings. The number of aromatic carboxylic acids is 1. The molecule has 0 saturated carbocycles. The van der Waals surface area contributed by atoms with Gasteiger partial charge in [0.25, 0.3) is 0 Å². The predicted octanol–water partition coefficient (Wildman–Crippen LogP) is 1.79. The number of nitrogens with zero attached hydrogens (tertiary/aromatic N) is 1. The van der Waals surface area contributed by atoms with Gasteiger partial charge in [0.2, 0.25) is 0 Å². The Morgan fingerprint density at radius 3 is 3.06 bits per heavy atom. The minimum atomic E-state index is -0.854. The fraction of sp³-hybridized carbons (Fsp3) is 0.583. The monoisotopic (exact) mass is 255 g/mol. The Labute approximate surface area is 104 Å². The van der Waals surface area contributed by atoms with E-state index in [2.05, 4.69) is 4.90 Å². The van der Waals surface area contributed by atoms with Crippen LogP contribution in [0.15, 0.2) is 11.4 Å². The van der Waals surface area contributed by atoms with Gasteiger partial charge < -0.3 is 10.2 Å². The van der Waals surface area contributed by atoms with E-state index in [1.54, 1.807) is 0 Å². The minimum absolute atomic E-state index is 0.159. The summed E-state index contributed by atoms with van der Waals surface area (Å²) in [4.78, 5) is 13.6. The van der Waals surface area contributed by atoms with Crippen LogP contribution in [0.5, 0.6) is 0 Å². The highest BCUT2D eigenvalue weighted by atomic mass is 32.1. The number of aliphatic hydroxyl groups is 1. The second-order valence-electron chi connectivity index (χ2n) is 4.38. The fourth-order valence-corrected chi connectivity index (χ4v) is 3.09. The van der Waals surface area contributed by atoms with E-state index in [4.69, 9.17) is 5.11 Å². The molecule has 2 N–H and O–H groups in total. The van der Waals surface area contributed by atoms with E-state index in [0.29, 0.717) is 11.4 Å². The third-order valence-corrected chi connectivity index (χ3v) is 4.22. The highest BCUT2D eigenvalue weighted by Crippen LogP contribution is 2.23. The first-order valence-corrected chi connectivity index (χ1v) is 6.75. The van der Waals surface area contributed by atoms with Crippen LogP contribution in [0.4, 0.5) is 0 Å². The van der Waals surface area contributed by atoms with Gasteiger partial charge in [-0.05, 0) is 36.4 Å². The van der Waals surface area contributed by atoms with Crippen molar-refractivity contribution in [2.24, 2.45) is 0 Å². The number of rotatable bonds is 4. The summed E-state index contributed by atoms with van der Waals surface area (Å²) in [7, 11) is 0. The minimum Gasteiger partial charge on any atom is -0.477 e. The topological polar surface area (TPSA) is 60.8 Å². The lowest BCUT2D eigenvalue weighted by atomic mass is 10.0. The van der Waals surface area contributed by atoms with Crippen LogP contribution in [0, 0.1) is 0 Å². The third-order valence-electron chi connectivity index (χ3n) is 3.27. The van der Waals surface area contributed by atoms with E-state index in [9.17, 15) is 9.90 Å². The first-order chi connectivity index (χ1) is 8.22. The molecular weight excluding hydrogens is 238 g/mol. The molecule has 1 aromatic rings. The number of carboxylic acids is 1. The Morgan fingerprint density at radius 1 is 1.53 bits per heavy atom. The number of carboxylic acid groups (broad SMARTS) is 1. The highest BCUT2D eigenvalue weighted by molar-refractivity contribution is 7.12. The molecule has 2 rings (SSSR count). The molecule has 0 amide bonds. The summed E-state index contributed by atoms with van der Waals surface area (Å²) < 4.78 is 0. The number of piperidine rings is 1. The molecule has 1 saturated heterocycles. The Morgan fingerprint density at radius 2 is 2.35 bits per heavy atom. The zero-order valence-electron chi connectivity index (χ0n) is 9.63. The zero-order chi connectivity index (χ0) is 12.3. The maximum absolute atomic E-state index is 11.0. The van der Waals surface area contributed by atoms with Crippen molar-refractivity contribution in [3.8, 4) is 0 Å². The molecule has 2 heterocycles. The molecule has 1 aliphatic rings. The highest BCUT2D eigenvalue weighted by Gasteiger charge is 2.23. The molecule has 0 spiro atoms. The van der Waals surface area contributed by atoms with E-state index >= 15 is 0 Å². The smallest absolute Gasteiger partial charge is 0.346 e. The van der Waals surface area contributed by atoms with Crippen LogP contribution >= 0.6 is 11.3 Å². The number of hydrogen-bond acceptors (Lipinski definition) is 4. The van der Waals surface area contributed by atoms with Gasteiger partial charge in [-0.3, -0.25) is 4.90 Å². The number of aliphatic hydroxyl groups excluding tert-OH is 1.